The van der Waals surface area contributed by atoms with Crippen molar-refractivity contribution in [3.8, 4) is 17.2 Å². The van der Waals surface area contributed by atoms with Gasteiger partial charge >= 0.3 is 0 Å². The number of rotatable bonds is 7. The van der Waals surface area contributed by atoms with Gasteiger partial charge in [0, 0.05) is 12.5 Å². The van der Waals surface area contributed by atoms with Gasteiger partial charge in [-0.2, -0.15) is 0 Å². The third-order valence-corrected chi connectivity index (χ3v) is 3.85. The molecule has 0 aromatic heterocycles. The molecule has 0 aliphatic rings. The zero-order chi connectivity index (χ0) is 17.7. The van der Waals surface area contributed by atoms with E-state index >= 15 is 0 Å². The number of carbonyl (C=O) groups is 2. The lowest BCUT2D eigenvalue weighted by Gasteiger charge is -2.11. The van der Waals surface area contributed by atoms with Gasteiger partial charge in [0.1, 0.15) is 28.4 Å². The van der Waals surface area contributed by atoms with Gasteiger partial charge in [0.05, 0.1) is 0 Å². The summed E-state index contributed by atoms with van der Waals surface area (Å²) in [5.74, 6) is -2.77. The Morgan fingerprint density at radius 2 is 1.54 bits per heavy atom. The molecule has 2 aromatic rings. The average Bonchev–Trinajstić information content (AvgIpc) is 2.51. The van der Waals surface area contributed by atoms with Crippen molar-refractivity contribution < 1.29 is 24.9 Å². The number of unbranched alkanes of at least 4 members (excludes halogenated alkanes) is 1. The van der Waals surface area contributed by atoms with E-state index in [4.69, 9.17) is 0 Å². The monoisotopic (exact) mass is 328 g/mol. The molecule has 0 aliphatic heterocycles. The maximum atomic E-state index is 12.3. The van der Waals surface area contributed by atoms with Crippen molar-refractivity contribution in [1.82, 2.24) is 0 Å². The van der Waals surface area contributed by atoms with Gasteiger partial charge in [-0.05, 0) is 31.7 Å². The highest BCUT2D eigenvalue weighted by Crippen LogP contribution is 2.38. The molecule has 5 nitrogen and oxygen atoms in total. The lowest BCUT2D eigenvalue weighted by Crippen LogP contribution is -2.04. The summed E-state index contributed by atoms with van der Waals surface area (Å²) in [5.41, 5.74) is 0.525. The third kappa shape index (κ3) is 3.93. The highest BCUT2D eigenvalue weighted by Gasteiger charge is 2.24. The molecule has 0 saturated carbocycles. The summed E-state index contributed by atoms with van der Waals surface area (Å²) in [5, 5.41) is 29.5. The van der Waals surface area contributed by atoms with Crippen LogP contribution < -0.4 is 0 Å². The molecule has 24 heavy (non-hydrogen) atoms. The molecule has 0 bridgehead atoms. The van der Waals surface area contributed by atoms with Crippen molar-refractivity contribution in [2.75, 3.05) is 0 Å². The summed E-state index contributed by atoms with van der Waals surface area (Å²) in [7, 11) is 0. The molecule has 0 atom stereocenters. The van der Waals surface area contributed by atoms with E-state index in [1.54, 1.807) is 0 Å². The number of aromatic hydroxyl groups is 3. The number of ketones is 2. The number of hydrogen-bond acceptors (Lipinski definition) is 5. The van der Waals surface area contributed by atoms with Crippen molar-refractivity contribution in [3.05, 3.63) is 53.1 Å². The lowest BCUT2D eigenvalue weighted by atomic mass is 9.97. The highest BCUT2D eigenvalue weighted by atomic mass is 16.3. The molecule has 2 aromatic carbocycles. The normalized spacial score (nSPS) is 10.5. The minimum absolute atomic E-state index is 0.135. The van der Waals surface area contributed by atoms with Crippen molar-refractivity contribution >= 4 is 11.6 Å². The van der Waals surface area contributed by atoms with Crippen LogP contribution in [0.15, 0.2) is 36.4 Å². The zero-order valence-electron chi connectivity index (χ0n) is 13.5. The predicted molar refractivity (Wildman–Crippen MR) is 89.8 cm³/mol. The van der Waals surface area contributed by atoms with E-state index in [1.807, 2.05) is 30.3 Å². The summed E-state index contributed by atoms with van der Waals surface area (Å²) in [4.78, 5) is 23.7. The van der Waals surface area contributed by atoms with Crippen LogP contribution in [0, 0.1) is 0 Å². The van der Waals surface area contributed by atoms with Gasteiger partial charge in [-0.1, -0.05) is 30.3 Å². The lowest BCUT2D eigenvalue weighted by molar-refractivity contribution is 0.0974. The van der Waals surface area contributed by atoms with E-state index < -0.39 is 28.8 Å². The van der Waals surface area contributed by atoms with Crippen LogP contribution in [0.5, 0.6) is 17.2 Å². The van der Waals surface area contributed by atoms with Gasteiger partial charge in [-0.25, -0.2) is 0 Å². The van der Waals surface area contributed by atoms with E-state index in [2.05, 4.69) is 0 Å². The Balaban J connectivity index is 2.04. The van der Waals surface area contributed by atoms with Crippen molar-refractivity contribution in [1.29, 1.82) is 0 Å². The molecule has 0 spiro atoms. The summed E-state index contributed by atoms with van der Waals surface area (Å²) in [6, 6.07) is 10.8. The van der Waals surface area contributed by atoms with Gasteiger partial charge < -0.3 is 15.3 Å². The topological polar surface area (TPSA) is 94.8 Å². The van der Waals surface area contributed by atoms with Crippen LogP contribution in [-0.4, -0.2) is 26.9 Å². The number of carbonyl (C=O) groups excluding carboxylic acids is 2. The van der Waals surface area contributed by atoms with Crippen LogP contribution in [0.2, 0.25) is 0 Å². The fraction of sp³-hybridized carbons (Fsp3) is 0.263. The van der Waals surface area contributed by atoms with Crippen molar-refractivity contribution in [3.63, 3.8) is 0 Å². The molecular weight excluding hydrogens is 308 g/mol. The Bertz CT molecular complexity index is 750. The SMILES string of the molecule is CC(=O)c1c(O)cc(O)c(C(=O)CCCCc2ccccc2)c1O. The Kier molecular flexibility index (Phi) is 5.58. The summed E-state index contributed by atoms with van der Waals surface area (Å²) < 4.78 is 0. The molecule has 2 rings (SSSR count). The number of phenolic OH excluding ortho intramolecular Hbond substituents is 3. The fourth-order valence-electron chi connectivity index (χ4n) is 2.65. The second kappa shape index (κ2) is 7.64. The minimum Gasteiger partial charge on any atom is -0.507 e. The first kappa shape index (κ1) is 17.5. The Labute approximate surface area is 140 Å². The van der Waals surface area contributed by atoms with Crippen LogP contribution >= 0.6 is 0 Å². The predicted octanol–water partition coefficient (Wildman–Crippen LogP) is 3.60. The average molecular weight is 328 g/mol. The molecule has 0 radical (unpaired) electrons. The Hall–Kier alpha value is -2.82. The quantitative estimate of drug-likeness (QED) is 0.533. The Morgan fingerprint density at radius 3 is 2.17 bits per heavy atom. The number of hydrogen-bond donors (Lipinski definition) is 3. The third-order valence-electron chi connectivity index (χ3n) is 3.85. The molecule has 0 fully saturated rings. The molecule has 0 aliphatic carbocycles. The van der Waals surface area contributed by atoms with Gasteiger partial charge in [0.2, 0.25) is 0 Å². The van der Waals surface area contributed by atoms with Gasteiger partial charge in [-0.3, -0.25) is 9.59 Å². The first-order chi connectivity index (χ1) is 11.4. The standard InChI is InChI=1S/C19H20O5/c1-12(20)17-15(22)11-16(23)18(19(17)24)14(21)10-6-5-9-13-7-3-2-4-8-13/h2-4,7-8,11,22-24H,5-6,9-10H2,1H3. The molecule has 0 saturated heterocycles. The number of benzene rings is 2. The molecule has 126 valence electrons. The number of phenols is 3. The van der Waals surface area contributed by atoms with Crippen molar-refractivity contribution in [2.45, 2.75) is 32.6 Å². The molecule has 0 unspecified atom stereocenters. The Morgan fingerprint density at radius 1 is 0.917 bits per heavy atom. The van der Waals surface area contributed by atoms with Crippen molar-refractivity contribution in [2.24, 2.45) is 0 Å². The van der Waals surface area contributed by atoms with Crippen LogP contribution in [0.4, 0.5) is 0 Å². The minimum atomic E-state index is -0.659. The highest BCUT2D eigenvalue weighted by molar-refractivity contribution is 6.08. The molecule has 0 heterocycles. The van der Waals surface area contributed by atoms with Gasteiger partial charge in [0.25, 0.3) is 0 Å². The largest absolute Gasteiger partial charge is 0.507 e. The molecular formula is C19H20O5. The van der Waals surface area contributed by atoms with Gasteiger partial charge in [-0.15, -0.1) is 0 Å². The molecule has 3 N–H and O–H groups in total. The van der Waals surface area contributed by atoms with Crippen LogP contribution in [0.25, 0.3) is 0 Å². The summed E-state index contributed by atoms with van der Waals surface area (Å²) >= 11 is 0. The summed E-state index contributed by atoms with van der Waals surface area (Å²) in [6.45, 7) is 1.17. The smallest absolute Gasteiger partial charge is 0.170 e. The van der Waals surface area contributed by atoms with Crippen LogP contribution in [-0.2, 0) is 6.42 Å². The van der Waals surface area contributed by atoms with E-state index in [-0.39, 0.29) is 17.5 Å². The van der Waals surface area contributed by atoms with Crippen LogP contribution in [0.1, 0.15) is 52.5 Å². The molecule has 0 amide bonds. The van der Waals surface area contributed by atoms with E-state index in [9.17, 15) is 24.9 Å². The van der Waals surface area contributed by atoms with E-state index in [1.165, 1.54) is 12.5 Å². The van der Waals surface area contributed by atoms with Gasteiger partial charge in [0.15, 0.2) is 11.6 Å². The molecule has 5 heteroatoms. The maximum absolute atomic E-state index is 12.3. The number of Topliss-reactive ketones (excluding diaryl/α,β-unsaturated/α-hetero) is 2. The van der Waals surface area contributed by atoms with E-state index in [0.29, 0.717) is 6.42 Å². The maximum Gasteiger partial charge on any atom is 0.170 e. The first-order valence-corrected chi connectivity index (χ1v) is 7.77. The second-order valence-electron chi connectivity index (χ2n) is 5.69. The zero-order valence-corrected chi connectivity index (χ0v) is 13.5. The number of aryl methyl sites for hydroxylation is 1. The first-order valence-electron chi connectivity index (χ1n) is 7.77. The van der Waals surface area contributed by atoms with E-state index in [0.717, 1.165) is 18.9 Å². The summed E-state index contributed by atoms with van der Waals surface area (Å²) in [6.07, 6.45) is 2.34. The van der Waals surface area contributed by atoms with Crippen LogP contribution in [0.3, 0.4) is 0 Å². The fourth-order valence-corrected chi connectivity index (χ4v) is 2.65. The second-order valence-corrected chi connectivity index (χ2v) is 5.69.